The van der Waals surface area contributed by atoms with Gasteiger partial charge in [0.1, 0.15) is 12.4 Å². The Morgan fingerprint density at radius 2 is 2.04 bits per heavy atom. The molecule has 0 amide bonds. The van der Waals surface area contributed by atoms with E-state index in [0.29, 0.717) is 56.8 Å². The molecule has 0 spiro atoms. The van der Waals surface area contributed by atoms with E-state index in [9.17, 15) is 4.39 Å². The Hall–Kier alpha value is -2.15. The number of anilines is 1. The second-order valence-corrected chi connectivity index (χ2v) is 7.06. The molecule has 27 heavy (non-hydrogen) atoms. The van der Waals surface area contributed by atoms with Crippen molar-refractivity contribution in [3.63, 3.8) is 0 Å². The van der Waals surface area contributed by atoms with E-state index in [4.69, 9.17) is 21.1 Å². The minimum absolute atomic E-state index is 0.292. The number of aromatic nitrogens is 1. The Morgan fingerprint density at radius 1 is 1.19 bits per heavy atom. The normalized spacial score (nSPS) is 16.5. The van der Waals surface area contributed by atoms with Gasteiger partial charge in [0.2, 0.25) is 0 Å². The molecule has 0 radical (unpaired) electrons. The predicted molar refractivity (Wildman–Crippen MR) is 104 cm³/mol. The maximum atomic E-state index is 14.4. The molecule has 5 nitrogen and oxygen atoms in total. The van der Waals surface area contributed by atoms with Crippen LogP contribution in [0.2, 0.25) is 5.02 Å². The van der Waals surface area contributed by atoms with Crippen molar-refractivity contribution < 1.29 is 13.9 Å². The third kappa shape index (κ3) is 4.40. The van der Waals surface area contributed by atoms with E-state index in [1.54, 1.807) is 12.3 Å². The molecular formula is C20H21ClFN3O2. The summed E-state index contributed by atoms with van der Waals surface area (Å²) >= 11 is 6.04. The van der Waals surface area contributed by atoms with E-state index in [-0.39, 0.29) is 5.82 Å². The summed E-state index contributed by atoms with van der Waals surface area (Å²) in [5.41, 5.74) is 2.90. The lowest BCUT2D eigenvalue weighted by atomic mass is 10.1. The molecule has 0 saturated carbocycles. The lowest BCUT2D eigenvalue weighted by Crippen LogP contribution is -2.37. The first-order chi connectivity index (χ1) is 13.2. The molecule has 142 valence electrons. The molecule has 2 aromatic rings. The third-order valence-electron chi connectivity index (χ3n) is 4.61. The minimum atomic E-state index is -0.292. The van der Waals surface area contributed by atoms with Gasteiger partial charge in [0, 0.05) is 43.0 Å². The largest absolute Gasteiger partial charge is 0.489 e. The van der Waals surface area contributed by atoms with Crippen LogP contribution in [0.4, 0.5) is 10.2 Å². The summed E-state index contributed by atoms with van der Waals surface area (Å²) in [4.78, 5) is 6.23. The van der Waals surface area contributed by atoms with Gasteiger partial charge in [-0.05, 0) is 41.5 Å². The number of ether oxygens (including phenoxy) is 2. The quantitative estimate of drug-likeness (QED) is 0.850. The van der Waals surface area contributed by atoms with Crippen molar-refractivity contribution in [1.29, 1.82) is 0 Å². The maximum absolute atomic E-state index is 14.4. The Morgan fingerprint density at radius 3 is 2.85 bits per heavy atom. The Kier molecular flexibility index (Phi) is 5.57. The van der Waals surface area contributed by atoms with E-state index in [1.807, 2.05) is 23.1 Å². The van der Waals surface area contributed by atoms with Gasteiger partial charge in [0.15, 0.2) is 11.6 Å². The Bertz CT molecular complexity index is 853. The van der Waals surface area contributed by atoms with E-state index in [2.05, 4.69) is 16.4 Å². The first-order valence-corrected chi connectivity index (χ1v) is 9.36. The summed E-state index contributed by atoms with van der Waals surface area (Å²) in [6, 6.07) is 7.13. The highest BCUT2D eigenvalue weighted by atomic mass is 35.5. The van der Waals surface area contributed by atoms with Crippen molar-refractivity contribution in [2.45, 2.75) is 6.54 Å². The van der Waals surface area contributed by atoms with Gasteiger partial charge in [-0.25, -0.2) is 9.37 Å². The summed E-state index contributed by atoms with van der Waals surface area (Å²) in [6.07, 6.45) is 3.81. The standard InChI is InChI=1S/C20H21ClFN3O2/c21-17-1-2-19-16(9-17)7-15(13-27-19)11-23-10-14-8-18(22)20(24-12-14)25-3-5-26-6-4-25/h1-2,7-9,12,23H,3-6,10-11,13H2. The topological polar surface area (TPSA) is 46.6 Å². The van der Waals surface area contributed by atoms with E-state index in [0.717, 1.165) is 22.4 Å². The van der Waals surface area contributed by atoms with Crippen molar-refractivity contribution in [2.75, 3.05) is 44.4 Å². The van der Waals surface area contributed by atoms with Gasteiger partial charge in [-0.2, -0.15) is 0 Å². The zero-order valence-corrected chi connectivity index (χ0v) is 15.6. The Balaban J connectivity index is 1.35. The zero-order valence-electron chi connectivity index (χ0n) is 14.9. The summed E-state index contributed by atoms with van der Waals surface area (Å²) in [5, 5.41) is 4.01. The number of hydrogen-bond acceptors (Lipinski definition) is 5. The number of halogens is 2. The van der Waals surface area contributed by atoms with Crippen molar-refractivity contribution >= 4 is 23.5 Å². The van der Waals surface area contributed by atoms with E-state index >= 15 is 0 Å². The van der Waals surface area contributed by atoms with Crippen LogP contribution < -0.4 is 15.0 Å². The van der Waals surface area contributed by atoms with Crippen LogP contribution in [0.25, 0.3) is 6.08 Å². The molecule has 2 aliphatic heterocycles. The van der Waals surface area contributed by atoms with Gasteiger partial charge in [-0.1, -0.05) is 11.6 Å². The number of morpholine rings is 1. The second kappa shape index (κ2) is 8.25. The smallest absolute Gasteiger partial charge is 0.165 e. The second-order valence-electron chi connectivity index (χ2n) is 6.63. The molecule has 0 aliphatic carbocycles. The first-order valence-electron chi connectivity index (χ1n) is 8.99. The van der Waals surface area contributed by atoms with E-state index < -0.39 is 0 Å². The average Bonchev–Trinajstić information content (AvgIpc) is 2.68. The molecule has 1 aromatic heterocycles. The van der Waals surface area contributed by atoms with Crippen LogP contribution in [0.1, 0.15) is 11.1 Å². The molecule has 0 bridgehead atoms. The van der Waals surface area contributed by atoms with Gasteiger partial charge in [-0.3, -0.25) is 0 Å². The van der Waals surface area contributed by atoms with Crippen molar-refractivity contribution in [1.82, 2.24) is 10.3 Å². The molecule has 1 fully saturated rings. The van der Waals surface area contributed by atoms with Crippen molar-refractivity contribution in [3.8, 4) is 5.75 Å². The fourth-order valence-corrected chi connectivity index (χ4v) is 3.42. The van der Waals surface area contributed by atoms with Gasteiger partial charge in [0.05, 0.1) is 13.2 Å². The lowest BCUT2D eigenvalue weighted by molar-refractivity contribution is 0.122. The number of pyridine rings is 1. The maximum Gasteiger partial charge on any atom is 0.165 e. The number of nitrogens with one attached hydrogen (secondary N) is 1. The van der Waals surface area contributed by atoms with Crippen LogP contribution in [0.3, 0.4) is 0 Å². The van der Waals surface area contributed by atoms with Crippen molar-refractivity contribution in [2.24, 2.45) is 0 Å². The number of hydrogen-bond donors (Lipinski definition) is 1. The van der Waals surface area contributed by atoms with Gasteiger partial charge < -0.3 is 19.7 Å². The minimum Gasteiger partial charge on any atom is -0.489 e. The van der Waals surface area contributed by atoms with Crippen LogP contribution in [0.15, 0.2) is 36.0 Å². The molecule has 1 N–H and O–H groups in total. The fraction of sp³-hybridized carbons (Fsp3) is 0.350. The Labute approximate surface area is 162 Å². The van der Waals surface area contributed by atoms with Crippen molar-refractivity contribution in [3.05, 3.63) is 58.0 Å². The highest BCUT2D eigenvalue weighted by Crippen LogP contribution is 2.28. The number of fused-ring (bicyclic) bond motifs is 1. The molecule has 0 atom stereocenters. The van der Waals surface area contributed by atoms with Gasteiger partial charge in [0.25, 0.3) is 0 Å². The molecule has 0 unspecified atom stereocenters. The molecule has 1 aromatic carbocycles. The summed E-state index contributed by atoms with van der Waals surface area (Å²) in [7, 11) is 0. The molecule has 2 aliphatic rings. The number of benzene rings is 1. The molecule has 7 heteroatoms. The van der Waals surface area contributed by atoms with Gasteiger partial charge >= 0.3 is 0 Å². The lowest BCUT2D eigenvalue weighted by Gasteiger charge is -2.28. The molecule has 1 saturated heterocycles. The highest BCUT2D eigenvalue weighted by molar-refractivity contribution is 6.30. The SMILES string of the molecule is Fc1cc(CNCC2=Cc3cc(Cl)ccc3OC2)cnc1N1CCOCC1. The highest BCUT2D eigenvalue weighted by Gasteiger charge is 2.17. The monoisotopic (exact) mass is 389 g/mol. The van der Waals surface area contributed by atoms with Gasteiger partial charge in [-0.15, -0.1) is 0 Å². The van der Waals surface area contributed by atoms with Crippen LogP contribution in [-0.2, 0) is 11.3 Å². The number of rotatable bonds is 5. The first kappa shape index (κ1) is 18.2. The van der Waals surface area contributed by atoms with Crippen LogP contribution in [-0.4, -0.2) is 44.4 Å². The predicted octanol–water partition coefficient (Wildman–Crippen LogP) is 3.28. The third-order valence-corrected chi connectivity index (χ3v) is 4.85. The average molecular weight is 390 g/mol. The number of nitrogens with zero attached hydrogens (tertiary/aromatic N) is 2. The summed E-state index contributed by atoms with van der Waals surface area (Å²) in [6.45, 7) is 4.27. The molecule has 4 rings (SSSR count). The summed E-state index contributed by atoms with van der Waals surface area (Å²) < 4.78 is 25.4. The van der Waals surface area contributed by atoms with E-state index in [1.165, 1.54) is 0 Å². The van der Waals surface area contributed by atoms with Crippen LogP contribution >= 0.6 is 11.6 Å². The molecular weight excluding hydrogens is 369 g/mol. The van der Waals surface area contributed by atoms with Crippen LogP contribution in [0.5, 0.6) is 5.75 Å². The molecule has 3 heterocycles. The van der Waals surface area contributed by atoms with Crippen LogP contribution in [0, 0.1) is 5.82 Å². The summed E-state index contributed by atoms with van der Waals surface area (Å²) in [5.74, 6) is 0.951. The zero-order chi connectivity index (χ0) is 18.6. The fourth-order valence-electron chi connectivity index (χ4n) is 3.24.